The monoisotopic (exact) mass is 1270 g/mol. The molecular formula is C65H136ClN3O11S3. The summed E-state index contributed by atoms with van der Waals surface area (Å²) in [7, 11) is 1.81. The number of unbranched alkanes of at least 4 members (excludes halogenated alkanes) is 1. The number of carbonyl (C=O) groups excluding carboxylic acids is 1. The molecule has 14 nitrogen and oxygen atoms in total. The Balaban J connectivity index is -0.0000000455. The van der Waals surface area contributed by atoms with Crippen LogP contribution < -0.4 is 5.73 Å². The van der Waals surface area contributed by atoms with E-state index >= 15 is 0 Å². The molecule has 4 aliphatic heterocycles. The number of aliphatic carboxylic acids is 1. The van der Waals surface area contributed by atoms with Gasteiger partial charge < -0.3 is 34.9 Å². The molecule has 5 fully saturated rings. The van der Waals surface area contributed by atoms with Crippen LogP contribution in [0.2, 0.25) is 0 Å². The average Bonchev–Trinajstić information content (AvgIpc) is 4.36. The molecule has 83 heavy (non-hydrogen) atoms. The third-order valence-corrected chi connectivity index (χ3v) is 7.35. The SMILES string of the molecule is C/C=C/C.C/C=C/CC.C/C=C/CCC.C=C(C)C.C=C(C)Cl.C=CC.C=CC.CC(=O)O.CC1(C)COC1.CC1CC1.CC1CO1.CC1COC1.CC=C(C)C.CCC1(C)COC1.CN.CN=C=O.CN=C=S.CO.CS.CS(=O)(=O)O. The number of nitrogens with two attached hydrogens (primary N) is 1. The quantitative estimate of drug-likeness (QED) is 0.0337. The van der Waals surface area contributed by atoms with Gasteiger partial charge >= 0.3 is 0 Å². The normalized spacial score (nSPS) is 13.9. The molecule has 0 amide bonds. The first kappa shape index (κ1) is 118. The number of halogens is 1. The van der Waals surface area contributed by atoms with Gasteiger partial charge in [-0.05, 0) is 141 Å². The fourth-order valence-corrected chi connectivity index (χ4v) is 2.35. The second-order valence-electron chi connectivity index (χ2n) is 18.7. The number of carbonyl (C=O) groups is 1. The van der Waals surface area contributed by atoms with Gasteiger partial charge in [0.05, 0.1) is 63.8 Å². The van der Waals surface area contributed by atoms with Crippen molar-refractivity contribution in [1.29, 1.82) is 0 Å². The molecule has 0 aromatic heterocycles. The Morgan fingerprint density at radius 1 is 0.747 bits per heavy atom. The van der Waals surface area contributed by atoms with Gasteiger partial charge in [0, 0.05) is 49.9 Å². The molecule has 0 aromatic rings. The van der Waals surface area contributed by atoms with Crippen LogP contribution in [0.15, 0.2) is 107 Å². The lowest BCUT2D eigenvalue weighted by atomic mass is 9.86. The Kier molecular flexibility index (Phi) is 157. The Morgan fingerprint density at radius 2 is 0.976 bits per heavy atom. The van der Waals surface area contributed by atoms with Crippen LogP contribution in [0.5, 0.6) is 0 Å². The van der Waals surface area contributed by atoms with E-state index in [0.717, 1.165) is 78.5 Å². The topological polar surface area (TPSA) is 220 Å². The number of nitrogens with zero attached hydrogens (tertiary/aromatic N) is 2. The highest BCUT2D eigenvalue weighted by Crippen LogP contribution is 2.29. The predicted molar refractivity (Wildman–Crippen MR) is 380 cm³/mol. The molecule has 1 unspecified atom stereocenters. The van der Waals surface area contributed by atoms with E-state index < -0.39 is 16.1 Å². The zero-order valence-electron chi connectivity index (χ0n) is 58.7. The van der Waals surface area contributed by atoms with Gasteiger partial charge in [-0.2, -0.15) is 21.0 Å². The van der Waals surface area contributed by atoms with E-state index in [4.69, 9.17) is 54.9 Å². The molecule has 4 saturated heterocycles. The van der Waals surface area contributed by atoms with Crippen molar-refractivity contribution in [3.8, 4) is 0 Å². The summed E-state index contributed by atoms with van der Waals surface area (Å²) in [6, 6.07) is 0. The fourth-order valence-electron chi connectivity index (χ4n) is 2.35. The molecule has 1 saturated carbocycles. The number of carboxylic acids is 1. The summed E-state index contributed by atoms with van der Waals surface area (Å²) in [5, 5.41) is 17.2. The molecule has 4 heterocycles. The number of aliphatic hydroxyl groups is 1. The smallest absolute Gasteiger partial charge is 0.300 e. The van der Waals surface area contributed by atoms with Crippen molar-refractivity contribution in [2.24, 2.45) is 38.4 Å². The number of epoxide rings is 1. The van der Waals surface area contributed by atoms with Crippen molar-refractivity contribution in [3.63, 3.8) is 0 Å². The molecule has 5 rings (SSSR count). The molecular weight excluding hydrogens is 1130 g/mol. The molecule has 1 atom stereocenters. The number of aliphatic hydroxyl groups excluding tert-OH is 1. The van der Waals surface area contributed by atoms with E-state index in [1.165, 1.54) is 63.4 Å². The maximum atomic E-state index is 9.19. The highest BCUT2D eigenvalue weighted by atomic mass is 35.5. The maximum Gasteiger partial charge on any atom is 0.300 e. The largest absolute Gasteiger partial charge is 0.481 e. The Bertz CT molecular complexity index is 1480. The third kappa shape index (κ3) is 325. The number of aliphatic imine (C=N–C) groups is 2. The van der Waals surface area contributed by atoms with Crippen LogP contribution in [0.1, 0.15) is 191 Å². The van der Waals surface area contributed by atoms with Gasteiger partial charge in [0.1, 0.15) is 0 Å². The number of rotatable bonds is 4. The average molecular weight is 1270 g/mol. The van der Waals surface area contributed by atoms with Gasteiger partial charge in [-0.1, -0.05) is 159 Å². The second-order valence-corrected chi connectivity index (χ2v) is 21.0. The van der Waals surface area contributed by atoms with Crippen LogP contribution in [-0.4, -0.2) is 134 Å². The lowest BCUT2D eigenvalue weighted by Gasteiger charge is -2.36. The van der Waals surface area contributed by atoms with E-state index in [1.807, 2.05) is 67.5 Å². The van der Waals surface area contributed by atoms with E-state index in [0.29, 0.717) is 28.2 Å². The van der Waals surface area contributed by atoms with E-state index in [-0.39, 0.29) is 0 Å². The van der Waals surface area contributed by atoms with Crippen LogP contribution in [0.4, 0.5) is 0 Å². The molecule has 5 N–H and O–H groups in total. The maximum absolute atomic E-state index is 9.19. The van der Waals surface area contributed by atoms with Gasteiger partial charge in [0.2, 0.25) is 6.08 Å². The van der Waals surface area contributed by atoms with Crippen LogP contribution in [0.25, 0.3) is 0 Å². The Hall–Kier alpha value is -3.12. The summed E-state index contributed by atoms with van der Waals surface area (Å²) in [5.74, 6) is 1.09. The molecule has 0 radical (unpaired) electrons. The summed E-state index contributed by atoms with van der Waals surface area (Å²) in [6.07, 6.45) is 30.2. The van der Waals surface area contributed by atoms with Crippen molar-refractivity contribution in [3.05, 3.63) is 97.2 Å². The number of allylic oxidation sites excluding steroid dienone is 12. The van der Waals surface area contributed by atoms with Gasteiger partial charge in [0.15, 0.2) is 0 Å². The van der Waals surface area contributed by atoms with Crippen LogP contribution >= 0.6 is 36.4 Å². The number of carboxylic acid groups (broad SMARTS) is 1. The van der Waals surface area contributed by atoms with Gasteiger partial charge in [0.25, 0.3) is 16.1 Å². The lowest BCUT2D eigenvalue weighted by molar-refractivity contribution is -0.134. The van der Waals surface area contributed by atoms with Crippen molar-refractivity contribution in [2.75, 3.05) is 87.0 Å². The number of ether oxygens (including phenoxy) is 4. The summed E-state index contributed by atoms with van der Waals surface area (Å²) in [6.45, 7) is 64.9. The molecule has 502 valence electrons. The minimum Gasteiger partial charge on any atom is -0.481 e. The number of thiol groups is 1. The summed E-state index contributed by atoms with van der Waals surface area (Å²) < 4.78 is 45.4. The lowest BCUT2D eigenvalue weighted by Crippen LogP contribution is -2.38. The van der Waals surface area contributed by atoms with Crippen molar-refractivity contribution in [2.45, 2.75) is 197 Å². The first-order valence-electron chi connectivity index (χ1n) is 27.9. The summed E-state index contributed by atoms with van der Waals surface area (Å²) >= 11 is 12.7. The molecule has 0 aromatic carbocycles. The van der Waals surface area contributed by atoms with E-state index in [9.17, 15) is 8.42 Å². The van der Waals surface area contributed by atoms with Gasteiger partial charge in [-0.25, -0.2) is 14.8 Å². The van der Waals surface area contributed by atoms with Gasteiger partial charge in [-0.15, -0.1) is 19.7 Å². The number of thiocarbonyl (C=S) groups is 1. The van der Waals surface area contributed by atoms with Crippen molar-refractivity contribution < 1.29 is 51.7 Å². The zero-order chi connectivity index (χ0) is 69.8. The van der Waals surface area contributed by atoms with Crippen LogP contribution in [0, 0.1) is 22.7 Å². The minimum atomic E-state index is -3.67. The number of isothiocyanates is 1. The zero-order valence-corrected chi connectivity index (χ0v) is 62.0. The summed E-state index contributed by atoms with van der Waals surface area (Å²) in [5.41, 5.74) is 8.09. The van der Waals surface area contributed by atoms with E-state index in [2.05, 4.69) is 186 Å². The molecule has 1 aliphatic carbocycles. The molecule has 5 aliphatic rings. The highest BCUT2D eigenvalue weighted by Gasteiger charge is 2.30. The van der Waals surface area contributed by atoms with Crippen LogP contribution in [-0.2, 0) is 38.7 Å². The minimum absolute atomic E-state index is 0.500. The van der Waals surface area contributed by atoms with E-state index in [1.54, 1.807) is 32.4 Å². The van der Waals surface area contributed by atoms with Crippen molar-refractivity contribution in [1.82, 2.24) is 0 Å². The standard InChI is InChI=1S/C6H12O.C6H12.C5H10O.2C5H10.C4H8O.3C4H8.C3H5Cl.C3H6O.2C3H6.C2H3NO.C2H3NS.C2H4O2.CH5N.CH4O3S.CH4O.CH4S/c1-3-6(2)4-7-5-6;1-3-5-6-4-2;1-5(2)3-6-4-5;1-4-5(2)3;1-3-5-4-2;1-4-2-5-3-4;1-4-2-3-4;1-4(2)3;1-3-4-2;1-3(2)4;1-3-2-4-3;2*1-3-2;2*1-3-2-4;1-2(3)4;1-2;1-5(2,3)4;2*1-2/h3-5H2,1-2H3;3,5H,4,6H2,1-2H3;3-4H2,1-2H3;4H,1-3H3;3,5H,4H2,1-2H3;4H,2-3H2,1H3;4H,2-3H2,1H3;1H2,2-3H3;3-4H,1-2H3;1H2,2H3;3H,2H2,1H3;2*3H,1H2,2H3;2*1H3;1H3,(H,3,4);2H2,1H3;1H3,(H,2,3,4);2*2H,1H3/b;5-3+;;;5-3+;;;;4-3+;;;;;;;;;;;. The number of isocyanates is 1. The molecule has 18 heteroatoms. The first-order chi connectivity index (χ1) is 38.5. The Labute approximate surface area is 532 Å². The van der Waals surface area contributed by atoms with Crippen LogP contribution in [0.3, 0.4) is 0 Å². The Morgan fingerprint density at radius 3 is 0.988 bits per heavy atom. The summed E-state index contributed by atoms with van der Waals surface area (Å²) in [4.78, 5) is 24.1. The third-order valence-electron chi connectivity index (χ3n) is 7.17. The number of hydrogen-bond acceptors (Lipinski definition) is 14. The highest BCUT2D eigenvalue weighted by molar-refractivity contribution is 7.85. The molecule has 0 spiro atoms. The fraction of sp³-hybridized carbons (Fsp3) is 0.708. The second kappa shape index (κ2) is 110. The molecule has 0 bridgehead atoms. The van der Waals surface area contributed by atoms with Gasteiger partial charge in [-0.3, -0.25) is 9.35 Å². The predicted octanol–water partition coefficient (Wildman–Crippen LogP) is 18.6. The number of hydrogen-bond donors (Lipinski definition) is 5. The van der Waals surface area contributed by atoms with Crippen molar-refractivity contribution >= 4 is 63.8 Å². The first-order valence-corrected chi connectivity index (χ1v) is 31.4.